The van der Waals surface area contributed by atoms with Crippen LogP contribution in [0.15, 0.2) is 53.7 Å². The van der Waals surface area contributed by atoms with E-state index in [0.717, 1.165) is 21.9 Å². The number of carbonyl (C=O) groups excluding carboxylic acids is 1. The van der Waals surface area contributed by atoms with Gasteiger partial charge in [0, 0.05) is 5.02 Å². The lowest BCUT2D eigenvalue weighted by Gasteiger charge is -2.15. The fourth-order valence-electron chi connectivity index (χ4n) is 2.63. The largest absolute Gasteiger partial charge is 0.349 e. The predicted molar refractivity (Wildman–Crippen MR) is 99.7 cm³/mol. The molecule has 1 amide bonds. The second kappa shape index (κ2) is 8.05. The summed E-state index contributed by atoms with van der Waals surface area (Å²) in [6.45, 7) is -0.909. The van der Waals surface area contributed by atoms with Crippen LogP contribution in [0.1, 0.15) is 25.1 Å². The van der Waals surface area contributed by atoms with Gasteiger partial charge in [0.25, 0.3) is 0 Å². The topological polar surface area (TPSA) is 46.9 Å². The molecule has 8 heteroatoms. The number of nitrogens with zero attached hydrogens (tertiary/aromatic N) is 2. The van der Waals surface area contributed by atoms with Gasteiger partial charge in [0.15, 0.2) is 5.16 Å². The van der Waals surface area contributed by atoms with Crippen molar-refractivity contribution in [1.29, 1.82) is 0 Å². The number of benzene rings is 2. The van der Waals surface area contributed by atoms with Gasteiger partial charge in [0.05, 0.1) is 22.8 Å². The molecule has 2 aromatic carbocycles. The van der Waals surface area contributed by atoms with Gasteiger partial charge in [-0.25, -0.2) is 4.98 Å². The number of hydrogen-bond acceptors (Lipinski definition) is 3. The molecule has 26 heavy (non-hydrogen) atoms. The minimum atomic E-state index is -2.73. The van der Waals surface area contributed by atoms with Gasteiger partial charge in [0.2, 0.25) is 5.91 Å². The minimum Gasteiger partial charge on any atom is -0.349 e. The first-order valence-corrected chi connectivity index (χ1v) is 9.25. The molecule has 0 fully saturated rings. The van der Waals surface area contributed by atoms with Crippen LogP contribution in [-0.4, -0.2) is 21.2 Å². The van der Waals surface area contributed by atoms with Crippen molar-refractivity contribution >= 4 is 40.3 Å². The predicted octanol–water partition coefficient (Wildman–Crippen LogP) is 5.05. The number of fused-ring (bicyclic) bond motifs is 1. The molecule has 0 aliphatic carbocycles. The molecule has 4 nitrogen and oxygen atoms in total. The number of hydrogen-bond donors (Lipinski definition) is 1. The van der Waals surface area contributed by atoms with Crippen molar-refractivity contribution in [2.24, 2.45) is 0 Å². The average Bonchev–Trinajstić information content (AvgIpc) is 2.98. The summed E-state index contributed by atoms with van der Waals surface area (Å²) in [6.07, 6.45) is 0. The Morgan fingerprint density at radius 2 is 1.92 bits per heavy atom. The van der Waals surface area contributed by atoms with E-state index in [0.29, 0.717) is 16.1 Å². The molecule has 0 saturated carbocycles. The van der Waals surface area contributed by atoms with Gasteiger partial charge in [-0.2, -0.15) is 8.78 Å². The Kier molecular flexibility index (Phi) is 5.78. The number of carbonyl (C=O) groups is 1. The quantitative estimate of drug-likeness (QED) is 0.594. The van der Waals surface area contributed by atoms with E-state index < -0.39 is 6.55 Å². The fraction of sp³-hybridized carbons (Fsp3) is 0.222. The maximum atomic E-state index is 13.4. The number of thioether (sulfide) groups is 1. The highest BCUT2D eigenvalue weighted by Crippen LogP contribution is 2.29. The molecule has 0 bridgehead atoms. The Morgan fingerprint density at radius 3 is 2.65 bits per heavy atom. The van der Waals surface area contributed by atoms with Gasteiger partial charge in [-0.3, -0.25) is 9.36 Å². The Labute approximate surface area is 158 Å². The molecule has 1 N–H and O–H groups in total. The molecule has 0 saturated heterocycles. The lowest BCUT2D eigenvalue weighted by atomic mass is 10.1. The molecule has 136 valence electrons. The third kappa shape index (κ3) is 3.99. The van der Waals surface area contributed by atoms with E-state index >= 15 is 0 Å². The van der Waals surface area contributed by atoms with Crippen LogP contribution in [-0.2, 0) is 4.79 Å². The molecule has 1 heterocycles. The van der Waals surface area contributed by atoms with Gasteiger partial charge in [0.1, 0.15) is 0 Å². The zero-order chi connectivity index (χ0) is 18.7. The number of nitrogens with one attached hydrogen (secondary N) is 1. The highest BCUT2D eigenvalue weighted by Gasteiger charge is 2.19. The number of imidazole rings is 1. The molecule has 0 spiro atoms. The van der Waals surface area contributed by atoms with Gasteiger partial charge in [-0.15, -0.1) is 0 Å². The Bertz CT molecular complexity index is 932. The van der Waals surface area contributed by atoms with Gasteiger partial charge in [-0.1, -0.05) is 53.7 Å². The second-order valence-corrected chi connectivity index (χ2v) is 6.98. The second-order valence-electron chi connectivity index (χ2n) is 5.63. The molecule has 0 radical (unpaired) electrons. The summed E-state index contributed by atoms with van der Waals surface area (Å²) in [5.41, 5.74) is 1.61. The number of rotatable bonds is 6. The van der Waals surface area contributed by atoms with E-state index in [1.54, 1.807) is 30.3 Å². The first-order chi connectivity index (χ1) is 12.5. The summed E-state index contributed by atoms with van der Waals surface area (Å²) >= 11 is 7.10. The van der Waals surface area contributed by atoms with Crippen molar-refractivity contribution in [3.05, 3.63) is 59.1 Å². The van der Waals surface area contributed by atoms with E-state index in [-0.39, 0.29) is 22.9 Å². The van der Waals surface area contributed by atoms with Crippen molar-refractivity contribution < 1.29 is 13.6 Å². The highest BCUT2D eigenvalue weighted by molar-refractivity contribution is 7.99. The molecule has 1 unspecified atom stereocenters. The fourth-order valence-corrected chi connectivity index (χ4v) is 3.75. The van der Waals surface area contributed by atoms with Crippen LogP contribution in [0.2, 0.25) is 5.02 Å². The number of para-hydroxylation sites is 2. The first kappa shape index (κ1) is 18.7. The first-order valence-electron chi connectivity index (χ1n) is 7.89. The molecule has 0 aliphatic rings. The van der Waals surface area contributed by atoms with E-state index in [9.17, 15) is 13.6 Å². The van der Waals surface area contributed by atoms with Crippen LogP contribution < -0.4 is 5.32 Å². The molecule has 1 aromatic heterocycles. The van der Waals surface area contributed by atoms with Crippen molar-refractivity contribution in [3.63, 3.8) is 0 Å². The van der Waals surface area contributed by atoms with E-state index in [1.165, 1.54) is 0 Å². The number of aromatic nitrogens is 2. The minimum absolute atomic E-state index is 0.0230. The van der Waals surface area contributed by atoms with Crippen molar-refractivity contribution in [2.45, 2.75) is 24.7 Å². The van der Waals surface area contributed by atoms with Crippen LogP contribution >= 0.6 is 23.4 Å². The lowest BCUT2D eigenvalue weighted by Crippen LogP contribution is -2.28. The normalized spacial score (nSPS) is 12.5. The summed E-state index contributed by atoms with van der Waals surface area (Å²) < 4.78 is 27.6. The van der Waals surface area contributed by atoms with E-state index in [4.69, 9.17) is 11.6 Å². The number of halogens is 3. The van der Waals surface area contributed by atoms with Gasteiger partial charge < -0.3 is 5.32 Å². The van der Waals surface area contributed by atoms with Crippen molar-refractivity contribution in [2.75, 3.05) is 5.75 Å². The Hall–Kier alpha value is -2.12. The maximum absolute atomic E-state index is 13.4. The van der Waals surface area contributed by atoms with E-state index in [2.05, 4.69) is 10.3 Å². The average molecular weight is 396 g/mol. The smallest absolute Gasteiger partial charge is 0.321 e. The third-order valence-electron chi connectivity index (χ3n) is 3.84. The molecular weight excluding hydrogens is 380 g/mol. The Morgan fingerprint density at radius 1 is 1.23 bits per heavy atom. The van der Waals surface area contributed by atoms with Gasteiger partial charge >= 0.3 is 6.55 Å². The highest BCUT2D eigenvalue weighted by atomic mass is 35.5. The van der Waals surface area contributed by atoms with Gasteiger partial charge in [-0.05, 0) is 30.7 Å². The summed E-state index contributed by atoms with van der Waals surface area (Å²) in [5, 5.41) is 3.50. The zero-order valence-corrected chi connectivity index (χ0v) is 15.4. The van der Waals surface area contributed by atoms with Crippen LogP contribution in [0.5, 0.6) is 0 Å². The van der Waals surface area contributed by atoms with Crippen LogP contribution in [0, 0.1) is 0 Å². The third-order valence-corrected chi connectivity index (χ3v) is 5.14. The molecular formula is C18H16ClF2N3OS. The lowest BCUT2D eigenvalue weighted by molar-refractivity contribution is -0.119. The van der Waals surface area contributed by atoms with Crippen LogP contribution in [0.25, 0.3) is 11.0 Å². The SMILES string of the molecule is CC(NC(=O)CSc1nc2ccccc2n1C(F)F)c1ccccc1Cl. The summed E-state index contributed by atoms with van der Waals surface area (Å²) in [7, 11) is 0. The van der Waals surface area contributed by atoms with Crippen LogP contribution in [0.3, 0.4) is 0 Å². The standard InChI is InChI=1S/C18H16ClF2N3OS/c1-11(12-6-2-3-7-13(12)19)22-16(25)10-26-18-23-14-8-4-5-9-15(14)24(18)17(20)21/h2-9,11,17H,10H2,1H3,(H,22,25). The van der Waals surface area contributed by atoms with E-state index in [1.807, 2.05) is 25.1 Å². The van der Waals surface area contributed by atoms with Crippen molar-refractivity contribution in [3.8, 4) is 0 Å². The molecule has 0 aliphatic heterocycles. The summed E-state index contributed by atoms with van der Waals surface area (Å²) in [4.78, 5) is 16.4. The summed E-state index contributed by atoms with van der Waals surface area (Å²) in [6, 6.07) is 13.6. The summed E-state index contributed by atoms with van der Waals surface area (Å²) in [5.74, 6) is -0.305. The molecule has 3 rings (SSSR count). The van der Waals surface area contributed by atoms with Crippen LogP contribution in [0.4, 0.5) is 8.78 Å². The number of amides is 1. The molecule has 3 aromatic rings. The maximum Gasteiger partial charge on any atom is 0.321 e. The monoisotopic (exact) mass is 395 g/mol. The zero-order valence-electron chi connectivity index (χ0n) is 13.8. The Balaban J connectivity index is 1.69. The molecule has 1 atom stereocenters. The number of alkyl halides is 2. The van der Waals surface area contributed by atoms with Crippen molar-refractivity contribution in [1.82, 2.24) is 14.9 Å².